The molecule has 0 bridgehead atoms. The minimum Gasteiger partial charge on any atom is -0.481 e. The summed E-state index contributed by atoms with van der Waals surface area (Å²) in [6.45, 7) is 3.76. The van der Waals surface area contributed by atoms with E-state index in [1.165, 1.54) is 0 Å². The highest BCUT2D eigenvalue weighted by Gasteiger charge is 2.34. The number of amides is 1. The number of nitrogens with one attached hydrogen (secondary N) is 1. The lowest BCUT2D eigenvalue weighted by molar-refractivity contribution is -0.142. The standard InChI is InChI=1S/C15H20N2O4/c1-9(2)21-13-8-4-7-12(16-13)14(18)17-11-6-3-5-10(11)15(19)20/h4,7-11H,3,5-6H2,1-2H3,(H,17,18)(H,19,20)/t10-,11+/m0/s1. The molecule has 0 radical (unpaired) electrons. The Morgan fingerprint density at radius 2 is 2.14 bits per heavy atom. The number of pyridine rings is 1. The molecule has 0 aliphatic heterocycles. The number of hydrogen-bond acceptors (Lipinski definition) is 4. The van der Waals surface area contributed by atoms with Crippen LogP contribution in [-0.4, -0.2) is 34.1 Å². The fourth-order valence-electron chi connectivity index (χ4n) is 2.52. The van der Waals surface area contributed by atoms with Gasteiger partial charge in [0.1, 0.15) is 5.69 Å². The Morgan fingerprint density at radius 1 is 1.38 bits per heavy atom. The Morgan fingerprint density at radius 3 is 2.81 bits per heavy atom. The smallest absolute Gasteiger partial charge is 0.308 e. The highest BCUT2D eigenvalue weighted by atomic mass is 16.5. The summed E-state index contributed by atoms with van der Waals surface area (Å²) in [6, 6.07) is 4.65. The Kier molecular flexibility index (Phi) is 4.77. The van der Waals surface area contributed by atoms with Gasteiger partial charge in [0.05, 0.1) is 12.0 Å². The van der Waals surface area contributed by atoms with E-state index >= 15 is 0 Å². The van der Waals surface area contributed by atoms with Crippen LogP contribution in [0.2, 0.25) is 0 Å². The Bertz CT molecular complexity index is 530. The maximum Gasteiger partial charge on any atom is 0.308 e. The van der Waals surface area contributed by atoms with Gasteiger partial charge in [-0.2, -0.15) is 0 Å². The maximum absolute atomic E-state index is 12.2. The monoisotopic (exact) mass is 292 g/mol. The molecule has 1 aromatic heterocycles. The zero-order chi connectivity index (χ0) is 15.4. The lowest BCUT2D eigenvalue weighted by Gasteiger charge is -2.17. The average Bonchev–Trinajstić information content (AvgIpc) is 2.86. The molecule has 0 saturated heterocycles. The topological polar surface area (TPSA) is 88.5 Å². The van der Waals surface area contributed by atoms with Gasteiger partial charge in [-0.3, -0.25) is 9.59 Å². The third kappa shape index (κ3) is 3.93. The second-order valence-electron chi connectivity index (χ2n) is 5.48. The first-order valence-electron chi connectivity index (χ1n) is 7.14. The fourth-order valence-corrected chi connectivity index (χ4v) is 2.52. The number of carboxylic acid groups (broad SMARTS) is 1. The molecule has 0 spiro atoms. The van der Waals surface area contributed by atoms with Gasteiger partial charge in [-0.1, -0.05) is 12.5 Å². The third-order valence-corrected chi connectivity index (χ3v) is 3.46. The van der Waals surface area contributed by atoms with Gasteiger partial charge in [0.25, 0.3) is 5.91 Å². The molecular weight excluding hydrogens is 272 g/mol. The summed E-state index contributed by atoms with van der Waals surface area (Å²) in [5.74, 6) is -1.34. The Hall–Kier alpha value is -2.11. The minimum atomic E-state index is -0.859. The number of aliphatic carboxylic acids is 1. The molecule has 114 valence electrons. The lowest BCUT2D eigenvalue weighted by Crippen LogP contribution is -2.40. The Labute approximate surface area is 123 Å². The number of carbonyl (C=O) groups excluding carboxylic acids is 1. The third-order valence-electron chi connectivity index (χ3n) is 3.46. The molecule has 1 amide bonds. The second kappa shape index (κ2) is 6.56. The van der Waals surface area contributed by atoms with E-state index in [9.17, 15) is 9.59 Å². The number of hydrogen-bond donors (Lipinski definition) is 2. The molecule has 6 heteroatoms. The van der Waals surface area contributed by atoms with Gasteiger partial charge in [-0.25, -0.2) is 4.98 Å². The van der Waals surface area contributed by atoms with Crippen molar-refractivity contribution in [1.82, 2.24) is 10.3 Å². The zero-order valence-electron chi connectivity index (χ0n) is 12.2. The van der Waals surface area contributed by atoms with Crippen LogP contribution in [0.4, 0.5) is 0 Å². The van der Waals surface area contributed by atoms with E-state index < -0.39 is 11.9 Å². The average molecular weight is 292 g/mol. The molecule has 1 fully saturated rings. The summed E-state index contributed by atoms with van der Waals surface area (Å²) in [7, 11) is 0. The SMILES string of the molecule is CC(C)Oc1cccc(C(=O)N[C@@H]2CCC[C@@H]2C(=O)O)n1. The number of aromatic nitrogens is 1. The van der Waals surface area contributed by atoms with Crippen LogP contribution in [0.15, 0.2) is 18.2 Å². The van der Waals surface area contributed by atoms with E-state index in [1.807, 2.05) is 13.8 Å². The van der Waals surface area contributed by atoms with Gasteiger partial charge in [-0.15, -0.1) is 0 Å². The molecule has 2 atom stereocenters. The van der Waals surface area contributed by atoms with E-state index in [1.54, 1.807) is 18.2 Å². The molecule has 0 unspecified atom stereocenters. The molecule has 6 nitrogen and oxygen atoms in total. The maximum atomic E-state index is 12.2. The van der Waals surface area contributed by atoms with Crippen molar-refractivity contribution in [1.29, 1.82) is 0 Å². The van der Waals surface area contributed by atoms with Crippen LogP contribution in [0.1, 0.15) is 43.6 Å². The van der Waals surface area contributed by atoms with Crippen LogP contribution >= 0.6 is 0 Å². The van der Waals surface area contributed by atoms with E-state index in [0.717, 1.165) is 6.42 Å². The van der Waals surface area contributed by atoms with Crippen molar-refractivity contribution in [2.45, 2.75) is 45.3 Å². The summed E-state index contributed by atoms with van der Waals surface area (Å²) in [6.07, 6.45) is 2.07. The minimum absolute atomic E-state index is 0.0259. The number of rotatable bonds is 5. The molecule has 1 saturated carbocycles. The molecule has 1 aliphatic carbocycles. The zero-order valence-corrected chi connectivity index (χ0v) is 12.2. The van der Waals surface area contributed by atoms with Gasteiger partial charge >= 0.3 is 5.97 Å². The number of nitrogens with zero attached hydrogens (tertiary/aromatic N) is 1. The molecule has 0 aromatic carbocycles. The van der Waals surface area contributed by atoms with E-state index in [0.29, 0.717) is 18.7 Å². The van der Waals surface area contributed by atoms with Gasteiger partial charge in [0, 0.05) is 12.1 Å². The van der Waals surface area contributed by atoms with Gasteiger partial charge in [0.2, 0.25) is 5.88 Å². The molecule has 2 N–H and O–H groups in total. The van der Waals surface area contributed by atoms with Crippen molar-refractivity contribution in [3.05, 3.63) is 23.9 Å². The number of ether oxygens (including phenoxy) is 1. The van der Waals surface area contributed by atoms with Crippen LogP contribution < -0.4 is 10.1 Å². The summed E-state index contributed by atoms with van der Waals surface area (Å²) in [5.41, 5.74) is 0.240. The first-order valence-corrected chi connectivity index (χ1v) is 7.14. The predicted octanol–water partition coefficient (Wildman–Crippen LogP) is 1.85. The second-order valence-corrected chi connectivity index (χ2v) is 5.48. The summed E-state index contributed by atoms with van der Waals surface area (Å²) >= 11 is 0. The van der Waals surface area contributed by atoms with Crippen molar-refractivity contribution in [2.24, 2.45) is 5.92 Å². The summed E-state index contributed by atoms with van der Waals surface area (Å²) in [4.78, 5) is 27.4. The molecule has 1 aliphatic rings. The van der Waals surface area contributed by atoms with Gasteiger partial charge in [0.15, 0.2) is 0 Å². The van der Waals surface area contributed by atoms with E-state index in [-0.39, 0.29) is 23.7 Å². The van der Waals surface area contributed by atoms with Crippen LogP contribution in [0.25, 0.3) is 0 Å². The number of carboxylic acids is 1. The van der Waals surface area contributed by atoms with Crippen molar-refractivity contribution < 1.29 is 19.4 Å². The first-order chi connectivity index (χ1) is 9.97. The summed E-state index contributed by atoms with van der Waals surface area (Å²) < 4.78 is 5.45. The van der Waals surface area contributed by atoms with Crippen LogP contribution in [0, 0.1) is 5.92 Å². The van der Waals surface area contributed by atoms with Crippen LogP contribution in [-0.2, 0) is 4.79 Å². The van der Waals surface area contributed by atoms with E-state index in [2.05, 4.69) is 10.3 Å². The first kappa shape index (κ1) is 15.3. The molecular formula is C15H20N2O4. The summed E-state index contributed by atoms with van der Waals surface area (Å²) in [5, 5.41) is 11.9. The molecule has 1 aromatic rings. The lowest BCUT2D eigenvalue weighted by atomic mass is 10.0. The van der Waals surface area contributed by atoms with Crippen molar-refractivity contribution in [3.63, 3.8) is 0 Å². The fraction of sp³-hybridized carbons (Fsp3) is 0.533. The van der Waals surface area contributed by atoms with Crippen molar-refractivity contribution in [3.8, 4) is 5.88 Å². The highest BCUT2D eigenvalue weighted by Crippen LogP contribution is 2.26. The van der Waals surface area contributed by atoms with E-state index in [4.69, 9.17) is 9.84 Å². The molecule has 21 heavy (non-hydrogen) atoms. The normalized spacial score (nSPS) is 21.3. The van der Waals surface area contributed by atoms with Crippen molar-refractivity contribution in [2.75, 3.05) is 0 Å². The number of carbonyl (C=O) groups is 2. The highest BCUT2D eigenvalue weighted by molar-refractivity contribution is 5.93. The Balaban J connectivity index is 2.04. The largest absolute Gasteiger partial charge is 0.481 e. The van der Waals surface area contributed by atoms with Crippen LogP contribution in [0.3, 0.4) is 0 Å². The van der Waals surface area contributed by atoms with Crippen molar-refractivity contribution >= 4 is 11.9 Å². The van der Waals surface area contributed by atoms with Gasteiger partial charge in [-0.05, 0) is 32.8 Å². The molecule has 2 rings (SSSR count). The predicted molar refractivity (Wildman–Crippen MR) is 76.2 cm³/mol. The van der Waals surface area contributed by atoms with Gasteiger partial charge < -0.3 is 15.2 Å². The quantitative estimate of drug-likeness (QED) is 0.864. The molecule has 1 heterocycles. The van der Waals surface area contributed by atoms with Crippen LogP contribution in [0.5, 0.6) is 5.88 Å².